The Labute approximate surface area is 126 Å². The first-order valence-electron chi connectivity index (χ1n) is 6.62. The average molecular weight is 306 g/mol. The summed E-state index contributed by atoms with van der Waals surface area (Å²) in [4.78, 5) is 20.0. The number of anilines is 2. The molecule has 0 saturated carbocycles. The van der Waals surface area contributed by atoms with E-state index in [1.54, 1.807) is 0 Å². The molecule has 0 radical (unpaired) electrons. The molecule has 2 aromatic rings. The van der Waals surface area contributed by atoms with Gasteiger partial charge in [-0.15, -0.1) is 0 Å². The first kappa shape index (κ1) is 15.8. The second-order valence-corrected chi connectivity index (χ2v) is 5.72. The average Bonchev–Trinajstić information content (AvgIpc) is 2.42. The first-order chi connectivity index (χ1) is 10.3. The highest BCUT2D eigenvalue weighted by molar-refractivity contribution is 6.04. The van der Waals surface area contributed by atoms with Crippen molar-refractivity contribution in [2.24, 2.45) is 0 Å². The highest BCUT2D eigenvalue weighted by Gasteiger charge is 2.15. The minimum atomic E-state index is -0.847. The third-order valence-electron chi connectivity index (χ3n) is 2.60. The van der Waals surface area contributed by atoms with E-state index in [1.165, 1.54) is 18.5 Å². The minimum Gasteiger partial charge on any atom is -0.350 e. The highest BCUT2D eigenvalue weighted by atomic mass is 19.1. The zero-order valence-electron chi connectivity index (χ0n) is 12.4. The van der Waals surface area contributed by atoms with Crippen molar-refractivity contribution in [2.45, 2.75) is 26.3 Å². The normalized spacial score (nSPS) is 11.1. The lowest BCUT2D eigenvalue weighted by molar-refractivity contribution is 0.102. The summed E-state index contributed by atoms with van der Waals surface area (Å²) in [7, 11) is 0. The number of carbonyl (C=O) groups excluding carboxylic acids is 1. The molecule has 0 aliphatic rings. The summed E-state index contributed by atoms with van der Waals surface area (Å²) in [5.41, 5.74) is -0.619. The molecular weight excluding hydrogens is 290 g/mol. The van der Waals surface area contributed by atoms with Gasteiger partial charge in [-0.05, 0) is 32.9 Å². The van der Waals surface area contributed by atoms with Gasteiger partial charge in [0, 0.05) is 17.9 Å². The molecule has 5 nitrogen and oxygen atoms in total. The Kier molecular flexibility index (Phi) is 4.35. The van der Waals surface area contributed by atoms with Crippen molar-refractivity contribution < 1.29 is 13.6 Å². The zero-order valence-corrected chi connectivity index (χ0v) is 12.4. The lowest BCUT2D eigenvalue weighted by Crippen LogP contribution is -2.27. The number of hydrogen-bond donors (Lipinski definition) is 2. The van der Waals surface area contributed by atoms with E-state index >= 15 is 0 Å². The summed E-state index contributed by atoms with van der Waals surface area (Å²) >= 11 is 0. The van der Waals surface area contributed by atoms with Crippen LogP contribution in [0.5, 0.6) is 0 Å². The van der Waals surface area contributed by atoms with Gasteiger partial charge in [0.1, 0.15) is 17.3 Å². The van der Waals surface area contributed by atoms with Gasteiger partial charge in [-0.3, -0.25) is 4.79 Å². The molecule has 0 aliphatic heterocycles. The van der Waals surface area contributed by atoms with Gasteiger partial charge in [-0.2, -0.15) is 0 Å². The van der Waals surface area contributed by atoms with Gasteiger partial charge in [0.05, 0.1) is 5.56 Å². The Morgan fingerprint density at radius 2 is 1.64 bits per heavy atom. The zero-order chi connectivity index (χ0) is 16.3. The molecule has 1 amide bonds. The molecule has 0 spiro atoms. The summed E-state index contributed by atoms with van der Waals surface area (Å²) in [5, 5.41) is 5.21. The van der Waals surface area contributed by atoms with Gasteiger partial charge in [0.15, 0.2) is 0 Å². The maximum atomic E-state index is 13.5. The maximum Gasteiger partial charge on any atom is 0.258 e. The van der Waals surface area contributed by atoms with Crippen molar-refractivity contribution in [1.29, 1.82) is 0 Å². The van der Waals surface area contributed by atoms with Crippen LogP contribution in [0.25, 0.3) is 0 Å². The van der Waals surface area contributed by atoms with Gasteiger partial charge in [-0.25, -0.2) is 18.7 Å². The lowest BCUT2D eigenvalue weighted by Gasteiger charge is -2.20. The van der Waals surface area contributed by atoms with E-state index in [1.807, 2.05) is 20.8 Å². The highest BCUT2D eigenvalue weighted by Crippen LogP contribution is 2.19. The molecule has 1 aromatic heterocycles. The Morgan fingerprint density at radius 1 is 1.09 bits per heavy atom. The van der Waals surface area contributed by atoms with E-state index < -0.39 is 23.2 Å². The summed E-state index contributed by atoms with van der Waals surface area (Å²) in [6.45, 7) is 5.83. The molecule has 7 heteroatoms. The van der Waals surface area contributed by atoms with Crippen LogP contribution in [0, 0.1) is 11.6 Å². The van der Waals surface area contributed by atoms with E-state index in [0.29, 0.717) is 5.95 Å². The number of carbonyl (C=O) groups is 1. The molecule has 116 valence electrons. The largest absolute Gasteiger partial charge is 0.350 e. The summed E-state index contributed by atoms with van der Waals surface area (Å²) in [6, 6.07) is 3.34. The Morgan fingerprint density at radius 3 is 2.14 bits per heavy atom. The number of para-hydroxylation sites is 1. The Balaban J connectivity index is 2.13. The molecule has 1 heterocycles. The molecule has 0 fully saturated rings. The molecule has 1 aromatic carbocycles. The second kappa shape index (κ2) is 6.05. The van der Waals surface area contributed by atoms with Crippen molar-refractivity contribution in [3.05, 3.63) is 47.8 Å². The molecule has 0 aliphatic carbocycles. The van der Waals surface area contributed by atoms with Crippen LogP contribution in [0.4, 0.5) is 20.4 Å². The predicted molar refractivity (Wildman–Crippen MR) is 79.7 cm³/mol. The topological polar surface area (TPSA) is 66.9 Å². The summed E-state index contributed by atoms with van der Waals surface area (Å²) < 4.78 is 27.0. The van der Waals surface area contributed by atoms with Crippen LogP contribution in [0.2, 0.25) is 0 Å². The second-order valence-electron chi connectivity index (χ2n) is 5.72. The fraction of sp³-hybridized carbons (Fsp3) is 0.267. The SMILES string of the molecule is CC(C)(C)Nc1ncc(C(=O)Nc2c(F)cccc2F)cn1. The predicted octanol–water partition coefficient (Wildman–Crippen LogP) is 3.22. The van der Waals surface area contributed by atoms with Crippen molar-refractivity contribution >= 4 is 17.5 Å². The van der Waals surface area contributed by atoms with Gasteiger partial charge in [-0.1, -0.05) is 6.07 Å². The van der Waals surface area contributed by atoms with Crippen LogP contribution in [0.15, 0.2) is 30.6 Å². The molecular formula is C15H16F2N4O. The molecule has 0 saturated heterocycles. The first-order valence-corrected chi connectivity index (χ1v) is 6.62. The molecule has 2 rings (SSSR count). The number of nitrogens with zero attached hydrogens (tertiary/aromatic N) is 2. The van der Waals surface area contributed by atoms with Crippen LogP contribution < -0.4 is 10.6 Å². The van der Waals surface area contributed by atoms with Crippen LogP contribution in [-0.2, 0) is 0 Å². The quantitative estimate of drug-likeness (QED) is 0.913. The third kappa shape index (κ3) is 3.97. The Bertz CT molecular complexity index is 661. The van der Waals surface area contributed by atoms with Gasteiger partial charge in [0.25, 0.3) is 5.91 Å². The summed E-state index contributed by atoms with van der Waals surface area (Å²) in [5.74, 6) is -2.02. The minimum absolute atomic E-state index is 0.0992. The van der Waals surface area contributed by atoms with Crippen LogP contribution in [0.3, 0.4) is 0 Å². The number of hydrogen-bond acceptors (Lipinski definition) is 4. The fourth-order valence-corrected chi connectivity index (χ4v) is 1.65. The summed E-state index contributed by atoms with van der Waals surface area (Å²) in [6.07, 6.45) is 2.57. The van der Waals surface area contributed by atoms with E-state index in [9.17, 15) is 13.6 Å². The van der Waals surface area contributed by atoms with E-state index in [2.05, 4.69) is 20.6 Å². The number of nitrogens with one attached hydrogen (secondary N) is 2. The number of halogens is 2. The monoisotopic (exact) mass is 306 g/mol. The van der Waals surface area contributed by atoms with Crippen LogP contribution in [0.1, 0.15) is 31.1 Å². The molecule has 0 unspecified atom stereocenters. The van der Waals surface area contributed by atoms with Crippen molar-refractivity contribution in [2.75, 3.05) is 10.6 Å². The molecule has 2 N–H and O–H groups in total. The van der Waals surface area contributed by atoms with Crippen LogP contribution in [-0.4, -0.2) is 21.4 Å². The van der Waals surface area contributed by atoms with Crippen molar-refractivity contribution in [3.8, 4) is 0 Å². The van der Waals surface area contributed by atoms with Crippen molar-refractivity contribution in [1.82, 2.24) is 9.97 Å². The number of amides is 1. The Hall–Kier alpha value is -2.57. The number of rotatable bonds is 3. The maximum absolute atomic E-state index is 13.5. The number of aromatic nitrogens is 2. The number of benzene rings is 1. The standard InChI is InChI=1S/C15H16F2N4O/c1-15(2,3)21-14-18-7-9(8-19-14)13(22)20-12-10(16)5-4-6-11(12)17/h4-8H,1-3H3,(H,20,22)(H,18,19,21). The van der Waals surface area contributed by atoms with Gasteiger partial charge in [0.2, 0.25) is 5.95 Å². The van der Waals surface area contributed by atoms with Crippen LogP contribution >= 0.6 is 0 Å². The lowest BCUT2D eigenvalue weighted by atomic mass is 10.1. The fourth-order valence-electron chi connectivity index (χ4n) is 1.65. The smallest absolute Gasteiger partial charge is 0.258 e. The van der Waals surface area contributed by atoms with E-state index in [-0.39, 0.29) is 11.1 Å². The molecule has 0 bridgehead atoms. The van der Waals surface area contributed by atoms with E-state index in [0.717, 1.165) is 12.1 Å². The van der Waals surface area contributed by atoms with Gasteiger partial charge < -0.3 is 10.6 Å². The van der Waals surface area contributed by atoms with Gasteiger partial charge >= 0.3 is 0 Å². The molecule has 22 heavy (non-hydrogen) atoms. The van der Waals surface area contributed by atoms with Crippen molar-refractivity contribution in [3.63, 3.8) is 0 Å². The molecule has 0 atom stereocenters. The third-order valence-corrected chi connectivity index (χ3v) is 2.60. The van der Waals surface area contributed by atoms with E-state index in [4.69, 9.17) is 0 Å².